The number of nitrogens with zero attached hydrogens (tertiary/aromatic N) is 4. The molecule has 0 aromatic carbocycles. The highest BCUT2D eigenvalue weighted by Gasteiger charge is 2.24. The van der Waals surface area contributed by atoms with Crippen LogP contribution in [0.25, 0.3) is 0 Å². The predicted octanol–water partition coefficient (Wildman–Crippen LogP) is -0.193. The number of aromatic nitrogens is 4. The van der Waals surface area contributed by atoms with Crippen LogP contribution in [0.3, 0.4) is 0 Å². The average molecular weight is 264 g/mol. The number of rotatable bonds is 4. The fourth-order valence-corrected chi connectivity index (χ4v) is 1.87. The Morgan fingerprint density at radius 3 is 3.21 bits per heavy atom. The molecule has 19 heavy (non-hydrogen) atoms. The van der Waals surface area contributed by atoms with Gasteiger partial charge in [-0.05, 0) is 19.4 Å². The second-order valence-corrected chi connectivity index (χ2v) is 4.14. The molecule has 3 rings (SSSR count). The molecule has 9 nitrogen and oxygen atoms in total. The van der Waals surface area contributed by atoms with Gasteiger partial charge >= 0.3 is 0 Å². The van der Waals surface area contributed by atoms with E-state index in [9.17, 15) is 4.79 Å². The molecule has 0 spiro atoms. The minimum atomic E-state index is -0.433. The molecule has 0 bridgehead atoms. The van der Waals surface area contributed by atoms with Gasteiger partial charge in [-0.2, -0.15) is 9.97 Å². The lowest BCUT2D eigenvalue weighted by Gasteiger charge is -2.01. The Morgan fingerprint density at radius 1 is 1.53 bits per heavy atom. The van der Waals surface area contributed by atoms with Crippen LogP contribution in [0, 0.1) is 0 Å². The van der Waals surface area contributed by atoms with Gasteiger partial charge in [0.25, 0.3) is 11.7 Å². The van der Waals surface area contributed by atoms with E-state index in [1.54, 1.807) is 0 Å². The zero-order chi connectivity index (χ0) is 13.1. The lowest BCUT2D eigenvalue weighted by molar-refractivity contribution is 0.0936. The van der Waals surface area contributed by atoms with Crippen molar-refractivity contribution in [3.8, 4) is 0 Å². The zero-order valence-electron chi connectivity index (χ0n) is 10.00. The van der Waals surface area contributed by atoms with Gasteiger partial charge in [0.1, 0.15) is 0 Å². The highest BCUT2D eigenvalue weighted by Crippen LogP contribution is 2.20. The van der Waals surface area contributed by atoms with Gasteiger partial charge in [0, 0.05) is 0 Å². The summed E-state index contributed by atoms with van der Waals surface area (Å²) in [4.78, 5) is 19.6. The molecule has 100 valence electrons. The van der Waals surface area contributed by atoms with Crippen molar-refractivity contribution in [1.82, 2.24) is 30.9 Å². The zero-order valence-corrected chi connectivity index (χ0v) is 10.00. The number of carbonyl (C=O) groups excluding carboxylic acids is 1. The first kappa shape index (κ1) is 11.8. The first-order chi connectivity index (χ1) is 9.33. The average Bonchev–Trinajstić information content (AvgIpc) is 3.14. The summed E-state index contributed by atoms with van der Waals surface area (Å²) >= 11 is 0. The second-order valence-electron chi connectivity index (χ2n) is 4.14. The lowest BCUT2D eigenvalue weighted by Crippen LogP contribution is -2.24. The maximum absolute atomic E-state index is 11.8. The Morgan fingerprint density at radius 2 is 2.47 bits per heavy atom. The van der Waals surface area contributed by atoms with E-state index in [0.29, 0.717) is 11.7 Å². The van der Waals surface area contributed by atoms with E-state index < -0.39 is 5.91 Å². The van der Waals surface area contributed by atoms with E-state index in [4.69, 9.17) is 4.52 Å². The van der Waals surface area contributed by atoms with Gasteiger partial charge in [-0.3, -0.25) is 4.79 Å². The van der Waals surface area contributed by atoms with Crippen LogP contribution in [0.5, 0.6) is 0 Å². The molecule has 1 fully saturated rings. The molecule has 3 heterocycles. The first-order valence-electron chi connectivity index (χ1n) is 5.93. The van der Waals surface area contributed by atoms with Gasteiger partial charge in [0.2, 0.25) is 12.3 Å². The summed E-state index contributed by atoms with van der Waals surface area (Å²) in [5.41, 5.74) is 0. The van der Waals surface area contributed by atoms with Crippen molar-refractivity contribution in [3.63, 3.8) is 0 Å². The Bertz CT molecular complexity index is 545. The standard InChI is InChI=1S/C10H12N6O3/c17-9(12-4-7-13-5-18-15-7)8-14-10(19-16-8)6-2-1-3-11-6/h5-6,11H,1-4H2,(H,12,17). The minimum absolute atomic E-state index is 0.00666. The fraction of sp³-hybridized carbons (Fsp3) is 0.500. The van der Waals surface area contributed by atoms with Crippen LogP contribution in [0.4, 0.5) is 0 Å². The first-order valence-corrected chi connectivity index (χ1v) is 5.93. The van der Waals surface area contributed by atoms with Crippen molar-refractivity contribution in [2.45, 2.75) is 25.4 Å². The van der Waals surface area contributed by atoms with Crippen LogP contribution in [-0.4, -0.2) is 32.7 Å². The predicted molar refractivity (Wildman–Crippen MR) is 59.7 cm³/mol. The topological polar surface area (TPSA) is 119 Å². The van der Waals surface area contributed by atoms with E-state index >= 15 is 0 Å². The fourth-order valence-electron chi connectivity index (χ4n) is 1.87. The van der Waals surface area contributed by atoms with Gasteiger partial charge in [-0.1, -0.05) is 10.3 Å². The van der Waals surface area contributed by atoms with E-state index in [2.05, 4.69) is 35.4 Å². The van der Waals surface area contributed by atoms with Crippen molar-refractivity contribution >= 4 is 5.91 Å². The Labute approximate surface area is 107 Å². The summed E-state index contributed by atoms with van der Waals surface area (Å²) in [5, 5.41) is 13.0. The molecule has 1 aliphatic rings. The summed E-state index contributed by atoms with van der Waals surface area (Å²) in [6.45, 7) is 1.08. The number of amides is 1. The maximum Gasteiger partial charge on any atom is 0.293 e. The summed E-state index contributed by atoms with van der Waals surface area (Å²) < 4.78 is 9.63. The lowest BCUT2D eigenvalue weighted by atomic mass is 10.2. The van der Waals surface area contributed by atoms with Gasteiger partial charge in [0.15, 0.2) is 5.82 Å². The molecule has 0 radical (unpaired) electrons. The van der Waals surface area contributed by atoms with Gasteiger partial charge in [0.05, 0.1) is 12.6 Å². The normalized spacial score (nSPS) is 18.6. The highest BCUT2D eigenvalue weighted by molar-refractivity contribution is 5.90. The van der Waals surface area contributed by atoms with Crippen LogP contribution in [-0.2, 0) is 6.54 Å². The Kier molecular flexibility index (Phi) is 3.19. The van der Waals surface area contributed by atoms with Crippen LogP contribution < -0.4 is 10.6 Å². The highest BCUT2D eigenvalue weighted by atomic mass is 16.5. The van der Waals surface area contributed by atoms with Crippen molar-refractivity contribution in [1.29, 1.82) is 0 Å². The summed E-state index contributed by atoms with van der Waals surface area (Å²) in [7, 11) is 0. The molecule has 9 heteroatoms. The molecular weight excluding hydrogens is 252 g/mol. The van der Waals surface area contributed by atoms with Gasteiger partial charge in [-0.25, -0.2) is 0 Å². The van der Waals surface area contributed by atoms with Crippen molar-refractivity contribution in [3.05, 3.63) is 23.9 Å². The van der Waals surface area contributed by atoms with E-state index in [0.717, 1.165) is 19.4 Å². The summed E-state index contributed by atoms with van der Waals surface area (Å²) in [6, 6.07) is 0.0475. The van der Waals surface area contributed by atoms with Crippen molar-refractivity contribution < 1.29 is 13.8 Å². The van der Waals surface area contributed by atoms with Crippen molar-refractivity contribution in [2.24, 2.45) is 0 Å². The summed E-state index contributed by atoms with van der Waals surface area (Å²) in [6.07, 6.45) is 3.19. The Balaban J connectivity index is 1.60. The minimum Gasteiger partial charge on any atom is -0.343 e. The second kappa shape index (κ2) is 5.14. The maximum atomic E-state index is 11.8. The van der Waals surface area contributed by atoms with Crippen LogP contribution in [0.15, 0.2) is 15.4 Å². The third-order valence-corrected chi connectivity index (χ3v) is 2.82. The van der Waals surface area contributed by atoms with Crippen LogP contribution in [0.1, 0.15) is 41.2 Å². The monoisotopic (exact) mass is 264 g/mol. The molecule has 1 saturated heterocycles. The molecule has 2 N–H and O–H groups in total. The van der Waals surface area contributed by atoms with Crippen molar-refractivity contribution in [2.75, 3.05) is 6.54 Å². The third-order valence-electron chi connectivity index (χ3n) is 2.82. The molecule has 1 atom stereocenters. The van der Waals surface area contributed by atoms with E-state index in [-0.39, 0.29) is 18.4 Å². The third kappa shape index (κ3) is 2.60. The molecule has 1 aliphatic heterocycles. The van der Waals surface area contributed by atoms with Gasteiger partial charge in [-0.15, -0.1) is 0 Å². The molecule has 1 amide bonds. The van der Waals surface area contributed by atoms with Gasteiger partial charge < -0.3 is 19.7 Å². The van der Waals surface area contributed by atoms with E-state index in [1.807, 2.05) is 0 Å². The molecule has 2 aromatic heterocycles. The number of nitrogens with one attached hydrogen (secondary N) is 2. The quantitative estimate of drug-likeness (QED) is 0.779. The summed E-state index contributed by atoms with van der Waals surface area (Å²) in [5.74, 6) is 0.404. The molecular formula is C10H12N6O3. The SMILES string of the molecule is O=C(NCc1ncon1)c1noc(C2CCCN2)n1. The number of hydrogen-bond acceptors (Lipinski definition) is 8. The molecule has 2 aromatic rings. The Hall–Kier alpha value is -2.29. The van der Waals surface area contributed by atoms with Crippen LogP contribution in [0.2, 0.25) is 0 Å². The number of hydrogen-bond donors (Lipinski definition) is 2. The smallest absolute Gasteiger partial charge is 0.293 e. The molecule has 0 saturated carbocycles. The molecule has 0 aliphatic carbocycles. The number of carbonyl (C=O) groups is 1. The molecule has 1 unspecified atom stereocenters. The van der Waals surface area contributed by atoms with Crippen LogP contribution >= 0.6 is 0 Å². The largest absolute Gasteiger partial charge is 0.343 e. The van der Waals surface area contributed by atoms with E-state index in [1.165, 1.54) is 6.39 Å².